The van der Waals surface area contributed by atoms with Crippen molar-refractivity contribution in [3.05, 3.63) is 0 Å². The van der Waals surface area contributed by atoms with Crippen LogP contribution >= 0.6 is 44.3 Å². The summed E-state index contributed by atoms with van der Waals surface area (Å²) >= 11 is 21.1. The van der Waals surface area contributed by atoms with Crippen LogP contribution < -0.4 is 4.65 Å². The normalized spacial score (nSPS) is 11.1. The van der Waals surface area contributed by atoms with Crippen molar-refractivity contribution >= 4 is 59.5 Å². The minimum Gasteiger partial charge on any atom is -0.310 e. The molecule has 7 heteroatoms. The van der Waals surface area contributed by atoms with E-state index >= 15 is 0 Å². The molecular formula is HCl4NSi2. The van der Waals surface area contributed by atoms with Crippen LogP contribution in [0.5, 0.6) is 0 Å². The van der Waals surface area contributed by atoms with Crippen molar-refractivity contribution in [2.45, 2.75) is 0 Å². The molecule has 0 amide bonds. The minimum atomic E-state index is -1.46. The maximum Gasteiger partial charge on any atom is 0.352 e. The van der Waals surface area contributed by atoms with E-state index in [-0.39, 0.29) is 0 Å². The Morgan fingerprint density at radius 3 is 1.14 bits per heavy atom. The smallest absolute Gasteiger partial charge is 0.310 e. The Bertz CT molecular complexity index is 39.0. The lowest BCUT2D eigenvalue weighted by molar-refractivity contribution is 1.63. The summed E-state index contributed by atoms with van der Waals surface area (Å²) in [4.78, 5) is 0. The summed E-state index contributed by atoms with van der Waals surface area (Å²) in [6.07, 6.45) is 0. The summed E-state index contributed by atoms with van der Waals surface area (Å²) in [7, 11) is -2.92. The fourth-order valence-corrected chi connectivity index (χ4v) is 5.79. The van der Waals surface area contributed by atoms with Gasteiger partial charge in [0, 0.05) is 0 Å². The van der Waals surface area contributed by atoms with Crippen LogP contribution in [0.1, 0.15) is 0 Å². The molecule has 0 saturated carbocycles. The predicted molar refractivity (Wildman–Crippen MR) is 38.1 cm³/mol. The summed E-state index contributed by atoms with van der Waals surface area (Å²) < 4.78 is 2.57. The number of hydrogen-bond acceptors (Lipinski definition) is 1. The van der Waals surface area contributed by atoms with E-state index in [0.29, 0.717) is 0 Å². The molecule has 0 aliphatic heterocycles. The summed E-state index contributed by atoms with van der Waals surface area (Å²) in [6.45, 7) is 0. The first-order valence-corrected chi connectivity index (χ1v) is 8.30. The van der Waals surface area contributed by atoms with Gasteiger partial charge in [0.05, 0.1) is 0 Å². The largest absolute Gasteiger partial charge is 0.352 e. The molecule has 0 aromatic rings. The molecule has 42 valence electrons. The van der Waals surface area contributed by atoms with Crippen LogP contribution in [0.4, 0.5) is 0 Å². The van der Waals surface area contributed by atoms with Crippen LogP contribution in [0.15, 0.2) is 0 Å². The van der Waals surface area contributed by atoms with Crippen molar-refractivity contribution in [3.8, 4) is 0 Å². The average Bonchev–Trinajstić information content (AvgIpc) is 1.27. The third-order valence-electron chi connectivity index (χ3n) is 0.189. The molecule has 1 nitrogen and oxygen atoms in total. The number of nitrogens with one attached hydrogen (secondary N) is 1. The molecule has 0 spiro atoms. The molecule has 0 aliphatic carbocycles. The molecule has 0 unspecified atom stereocenters. The van der Waals surface area contributed by atoms with E-state index in [9.17, 15) is 0 Å². The lowest BCUT2D eigenvalue weighted by Gasteiger charge is -1.95. The van der Waals surface area contributed by atoms with Crippen molar-refractivity contribution in [2.75, 3.05) is 0 Å². The highest BCUT2D eigenvalue weighted by molar-refractivity contribution is 7.42. The fourth-order valence-electron chi connectivity index (χ4n) is 0.0714. The van der Waals surface area contributed by atoms with Crippen LogP contribution in [0.2, 0.25) is 0 Å². The Hall–Kier alpha value is 1.55. The van der Waals surface area contributed by atoms with E-state index in [4.69, 9.17) is 44.3 Å². The minimum absolute atomic E-state index is 1.46. The highest BCUT2D eigenvalue weighted by atomic mass is 35.7. The first kappa shape index (κ1) is 8.55. The van der Waals surface area contributed by atoms with E-state index < -0.39 is 15.2 Å². The lowest BCUT2D eigenvalue weighted by Crippen LogP contribution is -2.30. The van der Waals surface area contributed by atoms with E-state index in [1.807, 2.05) is 0 Å². The van der Waals surface area contributed by atoms with Gasteiger partial charge in [0.1, 0.15) is 0 Å². The molecule has 1 N–H and O–H groups in total. The zero-order valence-electron chi connectivity index (χ0n) is 3.01. The number of hydrogen-bond donors (Lipinski definition) is 1. The summed E-state index contributed by atoms with van der Waals surface area (Å²) in [5, 5.41) is 0. The molecule has 0 heterocycles. The van der Waals surface area contributed by atoms with Gasteiger partial charge in [-0.3, -0.25) is 0 Å². The SMILES string of the molecule is Cl[Si](Cl)N[Si](Cl)Cl. The Balaban J connectivity index is 2.95. The van der Waals surface area contributed by atoms with Gasteiger partial charge >= 0.3 is 15.2 Å². The first-order valence-electron chi connectivity index (χ1n) is 1.26. The molecule has 0 bridgehead atoms. The number of rotatable bonds is 2. The molecule has 2 radical (unpaired) electrons. The van der Waals surface area contributed by atoms with Crippen molar-refractivity contribution in [2.24, 2.45) is 0 Å². The van der Waals surface area contributed by atoms with Crippen molar-refractivity contribution < 1.29 is 0 Å². The van der Waals surface area contributed by atoms with Crippen molar-refractivity contribution in [1.29, 1.82) is 0 Å². The van der Waals surface area contributed by atoms with Crippen LogP contribution in [0.25, 0.3) is 0 Å². The van der Waals surface area contributed by atoms with E-state index in [1.54, 1.807) is 0 Å². The fraction of sp³-hybridized carbons (Fsp3) is 0. The van der Waals surface area contributed by atoms with Crippen LogP contribution in [0.3, 0.4) is 0 Å². The van der Waals surface area contributed by atoms with E-state index in [0.717, 1.165) is 0 Å². The quantitative estimate of drug-likeness (QED) is 0.541. The lowest BCUT2D eigenvalue weighted by atomic mass is 13.9. The Morgan fingerprint density at radius 1 is 0.857 bits per heavy atom. The Labute approximate surface area is 64.1 Å². The monoisotopic (exact) mass is 211 g/mol. The average molecular weight is 213 g/mol. The second kappa shape index (κ2) is 4.43. The van der Waals surface area contributed by atoms with Gasteiger partial charge in [-0.1, -0.05) is 0 Å². The van der Waals surface area contributed by atoms with Gasteiger partial charge in [-0.15, -0.1) is 44.3 Å². The Morgan fingerprint density at radius 2 is 1.14 bits per heavy atom. The predicted octanol–water partition coefficient (Wildman–Crippen LogP) is 1.50. The molecule has 7 heavy (non-hydrogen) atoms. The first-order chi connectivity index (χ1) is 3.13. The molecule has 0 aromatic carbocycles. The van der Waals surface area contributed by atoms with Gasteiger partial charge in [-0.2, -0.15) is 0 Å². The van der Waals surface area contributed by atoms with Crippen molar-refractivity contribution in [3.63, 3.8) is 0 Å². The summed E-state index contributed by atoms with van der Waals surface area (Å²) in [6, 6.07) is 0. The highest BCUT2D eigenvalue weighted by Gasteiger charge is 2.09. The summed E-state index contributed by atoms with van der Waals surface area (Å²) in [5.74, 6) is 0. The summed E-state index contributed by atoms with van der Waals surface area (Å²) in [5.41, 5.74) is 0. The maximum absolute atomic E-state index is 5.29. The molecule has 0 rings (SSSR count). The number of halogens is 4. The van der Waals surface area contributed by atoms with E-state index in [2.05, 4.69) is 4.65 Å². The van der Waals surface area contributed by atoms with E-state index in [1.165, 1.54) is 0 Å². The molecule has 0 aromatic heterocycles. The molecule has 0 fully saturated rings. The second-order valence-corrected chi connectivity index (χ2v) is 8.38. The standard InChI is InChI=1S/Cl4HNSi2/c1-6(2)5-7(3)4/h5H. The van der Waals surface area contributed by atoms with Gasteiger partial charge in [0.2, 0.25) is 0 Å². The molecule has 0 saturated heterocycles. The zero-order chi connectivity index (χ0) is 5.86. The van der Waals surface area contributed by atoms with Gasteiger partial charge in [-0.25, -0.2) is 0 Å². The molecular weight excluding hydrogens is 212 g/mol. The second-order valence-electron chi connectivity index (χ2n) is 0.646. The zero-order valence-corrected chi connectivity index (χ0v) is 8.04. The third-order valence-corrected chi connectivity index (χ3v) is 5.10. The maximum atomic E-state index is 5.29. The van der Waals surface area contributed by atoms with Gasteiger partial charge in [-0.05, 0) is 0 Å². The Kier molecular flexibility index (Phi) is 5.42. The van der Waals surface area contributed by atoms with Gasteiger partial charge in [0.25, 0.3) is 0 Å². The topological polar surface area (TPSA) is 12.0 Å². The molecule has 0 aliphatic rings. The van der Waals surface area contributed by atoms with Crippen LogP contribution in [-0.2, 0) is 0 Å². The third kappa shape index (κ3) is 7.55. The van der Waals surface area contributed by atoms with Crippen LogP contribution in [0, 0.1) is 0 Å². The van der Waals surface area contributed by atoms with Gasteiger partial charge < -0.3 is 4.65 Å². The van der Waals surface area contributed by atoms with Crippen molar-refractivity contribution in [1.82, 2.24) is 4.65 Å². The van der Waals surface area contributed by atoms with Crippen LogP contribution in [-0.4, -0.2) is 15.2 Å². The molecule has 0 atom stereocenters. The van der Waals surface area contributed by atoms with Gasteiger partial charge in [0.15, 0.2) is 0 Å². The highest BCUT2D eigenvalue weighted by Crippen LogP contribution is 1.96.